The summed E-state index contributed by atoms with van der Waals surface area (Å²) in [5.41, 5.74) is 4.10. The zero-order chi connectivity index (χ0) is 22.5. The van der Waals surface area contributed by atoms with E-state index in [0.29, 0.717) is 36.4 Å². The van der Waals surface area contributed by atoms with Gasteiger partial charge in [0.1, 0.15) is 11.9 Å². The van der Waals surface area contributed by atoms with Gasteiger partial charge in [0, 0.05) is 12.0 Å². The zero-order valence-electron chi connectivity index (χ0n) is 17.5. The lowest BCUT2D eigenvalue weighted by atomic mass is 9.96. The van der Waals surface area contributed by atoms with Crippen molar-refractivity contribution in [3.8, 4) is 11.1 Å². The summed E-state index contributed by atoms with van der Waals surface area (Å²) in [4.78, 5) is 31.8. The highest BCUT2D eigenvalue weighted by Crippen LogP contribution is 2.32. The number of amides is 1. The second-order valence-corrected chi connectivity index (χ2v) is 8.04. The SMILES string of the molecule is O=C(O)[C@H](CCS)N=C1CCc2ccccc2N1C(=O)c1ccccc1-c1ccccc1. The Kier molecular flexibility index (Phi) is 6.71. The maximum atomic E-state index is 14.0. The van der Waals surface area contributed by atoms with E-state index in [-0.39, 0.29) is 5.91 Å². The van der Waals surface area contributed by atoms with Crippen LogP contribution in [0.25, 0.3) is 11.1 Å². The topological polar surface area (TPSA) is 70.0 Å². The molecule has 1 aliphatic heterocycles. The molecule has 6 heteroatoms. The van der Waals surface area contributed by atoms with Crippen LogP contribution in [0.15, 0.2) is 83.9 Å². The molecule has 1 N–H and O–H groups in total. The van der Waals surface area contributed by atoms with E-state index in [4.69, 9.17) is 0 Å². The summed E-state index contributed by atoms with van der Waals surface area (Å²) in [6.07, 6.45) is 1.49. The Hall–Kier alpha value is -3.38. The summed E-state index contributed by atoms with van der Waals surface area (Å²) >= 11 is 4.18. The molecular weight excluding hydrogens is 420 g/mol. The molecule has 1 heterocycles. The van der Waals surface area contributed by atoms with E-state index in [2.05, 4.69) is 17.6 Å². The van der Waals surface area contributed by atoms with Crippen LogP contribution in [-0.2, 0) is 11.2 Å². The number of fused-ring (bicyclic) bond motifs is 1. The Labute approximate surface area is 192 Å². The molecule has 0 unspecified atom stereocenters. The molecule has 0 aliphatic carbocycles. The van der Waals surface area contributed by atoms with Gasteiger partial charge in [-0.1, -0.05) is 66.7 Å². The number of anilines is 1. The lowest BCUT2D eigenvalue weighted by Crippen LogP contribution is -2.42. The molecule has 0 bridgehead atoms. The van der Waals surface area contributed by atoms with E-state index >= 15 is 0 Å². The number of aliphatic imine (C=N–C) groups is 1. The van der Waals surface area contributed by atoms with Crippen LogP contribution >= 0.6 is 12.6 Å². The molecule has 162 valence electrons. The number of rotatable bonds is 6. The average molecular weight is 445 g/mol. The number of aliphatic carboxylic acids is 1. The lowest BCUT2D eigenvalue weighted by molar-refractivity contribution is -0.138. The lowest BCUT2D eigenvalue weighted by Gasteiger charge is -2.32. The number of benzene rings is 3. The van der Waals surface area contributed by atoms with Gasteiger partial charge in [-0.05, 0) is 47.4 Å². The largest absolute Gasteiger partial charge is 0.480 e. The number of hydrogen-bond acceptors (Lipinski definition) is 4. The van der Waals surface area contributed by atoms with Crippen LogP contribution in [-0.4, -0.2) is 34.6 Å². The smallest absolute Gasteiger partial charge is 0.328 e. The molecule has 1 aliphatic rings. The fraction of sp³-hybridized carbons (Fsp3) is 0.192. The number of carboxylic acids is 1. The van der Waals surface area contributed by atoms with E-state index in [9.17, 15) is 14.7 Å². The molecular formula is C26H24N2O3S. The van der Waals surface area contributed by atoms with Gasteiger partial charge in [-0.25, -0.2) is 4.79 Å². The second kappa shape index (κ2) is 9.83. The van der Waals surface area contributed by atoms with Crippen molar-refractivity contribution >= 4 is 36.0 Å². The Bertz CT molecular complexity index is 1160. The molecule has 1 atom stereocenters. The van der Waals surface area contributed by atoms with Gasteiger partial charge in [0.25, 0.3) is 5.91 Å². The standard InChI is InChI=1S/C26H24N2O3S/c29-25(21-12-6-5-11-20(21)18-8-2-1-3-9-18)28-23-13-7-4-10-19(23)14-15-24(28)27-22(16-17-32)26(30)31/h1-13,22,32H,14-17H2,(H,30,31)/t22-/m0/s1. The highest BCUT2D eigenvalue weighted by molar-refractivity contribution is 7.80. The van der Waals surface area contributed by atoms with Crippen molar-refractivity contribution in [2.24, 2.45) is 4.99 Å². The van der Waals surface area contributed by atoms with Crippen molar-refractivity contribution in [3.05, 3.63) is 90.0 Å². The summed E-state index contributed by atoms with van der Waals surface area (Å²) in [6, 6.07) is 24.0. The van der Waals surface area contributed by atoms with E-state index < -0.39 is 12.0 Å². The zero-order valence-corrected chi connectivity index (χ0v) is 18.4. The van der Waals surface area contributed by atoms with Crippen molar-refractivity contribution in [2.75, 3.05) is 10.7 Å². The van der Waals surface area contributed by atoms with E-state index in [1.807, 2.05) is 78.9 Å². The third-order valence-corrected chi connectivity index (χ3v) is 5.80. The van der Waals surface area contributed by atoms with Crippen molar-refractivity contribution in [2.45, 2.75) is 25.3 Å². The Morgan fingerprint density at radius 2 is 1.62 bits per heavy atom. The normalized spacial score (nSPS) is 15.3. The third kappa shape index (κ3) is 4.46. The van der Waals surface area contributed by atoms with Gasteiger partial charge < -0.3 is 5.11 Å². The van der Waals surface area contributed by atoms with E-state index in [1.165, 1.54) is 0 Å². The molecule has 32 heavy (non-hydrogen) atoms. The number of amidine groups is 1. The molecule has 1 amide bonds. The molecule has 3 aromatic carbocycles. The predicted molar refractivity (Wildman–Crippen MR) is 131 cm³/mol. The number of nitrogens with zero attached hydrogens (tertiary/aromatic N) is 2. The van der Waals surface area contributed by atoms with Crippen molar-refractivity contribution in [1.82, 2.24) is 0 Å². The van der Waals surface area contributed by atoms with Crippen molar-refractivity contribution in [3.63, 3.8) is 0 Å². The van der Waals surface area contributed by atoms with Gasteiger partial charge in [0.15, 0.2) is 0 Å². The number of thiol groups is 1. The number of para-hydroxylation sites is 1. The number of aryl methyl sites for hydroxylation is 1. The predicted octanol–water partition coefficient (Wildman–Crippen LogP) is 5.12. The molecule has 0 fully saturated rings. The molecule has 0 spiro atoms. The highest BCUT2D eigenvalue weighted by Gasteiger charge is 2.31. The Balaban J connectivity index is 1.83. The monoisotopic (exact) mass is 444 g/mol. The van der Waals surface area contributed by atoms with Gasteiger partial charge in [-0.15, -0.1) is 0 Å². The van der Waals surface area contributed by atoms with Crippen LogP contribution in [0, 0.1) is 0 Å². The molecule has 0 saturated heterocycles. The second-order valence-electron chi connectivity index (χ2n) is 7.59. The minimum Gasteiger partial charge on any atom is -0.480 e. The summed E-state index contributed by atoms with van der Waals surface area (Å²) in [7, 11) is 0. The minimum atomic E-state index is -1.01. The fourth-order valence-corrected chi connectivity index (χ4v) is 4.24. The summed E-state index contributed by atoms with van der Waals surface area (Å²) in [5.74, 6) is -0.353. The third-order valence-electron chi connectivity index (χ3n) is 5.55. The maximum Gasteiger partial charge on any atom is 0.328 e. The van der Waals surface area contributed by atoms with Gasteiger partial charge in [-0.3, -0.25) is 14.7 Å². The molecule has 5 nitrogen and oxygen atoms in total. The number of hydrogen-bond donors (Lipinski definition) is 2. The first kappa shape index (κ1) is 21.8. The first-order valence-corrected chi connectivity index (χ1v) is 11.2. The molecule has 4 rings (SSSR count). The summed E-state index contributed by atoms with van der Waals surface area (Å²) in [5, 5.41) is 9.62. The van der Waals surface area contributed by atoms with Crippen molar-refractivity contribution < 1.29 is 14.7 Å². The Morgan fingerprint density at radius 3 is 2.38 bits per heavy atom. The van der Waals surface area contributed by atoms with E-state index in [0.717, 1.165) is 22.4 Å². The van der Waals surface area contributed by atoms with Crippen LogP contribution in [0.5, 0.6) is 0 Å². The van der Waals surface area contributed by atoms with Crippen LogP contribution < -0.4 is 4.90 Å². The van der Waals surface area contributed by atoms with Gasteiger partial charge in [-0.2, -0.15) is 12.6 Å². The number of carbonyl (C=O) groups is 2. The average Bonchev–Trinajstić information content (AvgIpc) is 2.83. The quantitative estimate of drug-likeness (QED) is 0.519. The van der Waals surface area contributed by atoms with Crippen molar-refractivity contribution in [1.29, 1.82) is 0 Å². The maximum absolute atomic E-state index is 14.0. The molecule has 3 aromatic rings. The van der Waals surface area contributed by atoms with Gasteiger partial charge in [0.05, 0.1) is 5.69 Å². The first-order chi connectivity index (χ1) is 15.6. The molecule has 0 saturated carbocycles. The minimum absolute atomic E-state index is 0.217. The molecule has 0 radical (unpaired) electrons. The summed E-state index contributed by atoms with van der Waals surface area (Å²) < 4.78 is 0. The van der Waals surface area contributed by atoms with Crippen LogP contribution in [0.3, 0.4) is 0 Å². The van der Waals surface area contributed by atoms with Gasteiger partial charge in [0.2, 0.25) is 0 Å². The molecule has 0 aromatic heterocycles. The van der Waals surface area contributed by atoms with Crippen LogP contribution in [0.4, 0.5) is 5.69 Å². The van der Waals surface area contributed by atoms with Crippen LogP contribution in [0.2, 0.25) is 0 Å². The number of carbonyl (C=O) groups excluding carboxylic acids is 1. The fourth-order valence-electron chi connectivity index (χ4n) is 3.99. The number of carboxylic acid groups (broad SMARTS) is 1. The van der Waals surface area contributed by atoms with E-state index in [1.54, 1.807) is 4.90 Å². The van der Waals surface area contributed by atoms with Gasteiger partial charge >= 0.3 is 5.97 Å². The highest BCUT2D eigenvalue weighted by atomic mass is 32.1. The van der Waals surface area contributed by atoms with Crippen LogP contribution in [0.1, 0.15) is 28.8 Å². The first-order valence-electron chi connectivity index (χ1n) is 10.6. The summed E-state index contributed by atoms with van der Waals surface area (Å²) in [6.45, 7) is 0. The Morgan fingerprint density at radius 1 is 0.938 bits per heavy atom.